The number of ether oxygens (including phenoxy) is 2. The van der Waals surface area contributed by atoms with Crippen LogP contribution in [0.15, 0.2) is 24.3 Å². The molecule has 4 fully saturated rings. The normalized spacial score (nSPS) is 30.8. The number of hydrogen-bond acceptors (Lipinski definition) is 4. The Morgan fingerprint density at radius 3 is 2.39 bits per heavy atom. The summed E-state index contributed by atoms with van der Waals surface area (Å²) >= 11 is 0. The number of likely N-dealkylation sites (tertiary alicyclic amines) is 1. The van der Waals surface area contributed by atoms with Gasteiger partial charge in [-0.25, -0.2) is 0 Å². The lowest BCUT2D eigenvalue weighted by Crippen LogP contribution is -2.51. The quantitative estimate of drug-likeness (QED) is 0.656. The molecule has 1 amide bonds. The van der Waals surface area contributed by atoms with E-state index in [9.17, 15) is 4.79 Å². The molecule has 1 aromatic rings. The van der Waals surface area contributed by atoms with E-state index >= 15 is 0 Å². The minimum atomic E-state index is 0.0871. The van der Waals surface area contributed by atoms with Gasteiger partial charge in [0.05, 0.1) is 12.6 Å². The zero-order chi connectivity index (χ0) is 21.0. The molecule has 5 nitrogen and oxygen atoms in total. The Kier molecular flexibility index (Phi) is 6.80. The van der Waals surface area contributed by atoms with Crippen LogP contribution < -0.4 is 9.64 Å². The average molecular weight is 427 g/mol. The number of piperidine rings is 1. The summed E-state index contributed by atoms with van der Waals surface area (Å²) in [4.78, 5) is 17.4. The molecule has 0 unspecified atom stereocenters. The fourth-order valence-electron chi connectivity index (χ4n) is 6.06. The number of morpholine rings is 1. The second kappa shape index (κ2) is 9.91. The van der Waals surface area contributed by atoms with Crippen molar-refractivity contribution in [2.24, 2.45) is 5.92 Å². The molecular formula is C26H38N2O3. The molecule has 2 heterocycles. The van der Waals surface area contributed by atoms with Gasteiger partial charge < -0.3 is 19.3 Å². The van der Waals surface area contributed by atoms with Gasteiger partial charge in [-0.05, 0) is 62.5 Å². The van der Waals surface area contributed by atoms with Crippen molar-refractivity contribution in [3.63, 3.8) is 0 Å². The van der Waals surface area contributed by atoms with Crippen LogP contribution in [0.5, 0.6) is 5.75 Å². The van der Waals surface area contributed by atoms with Crippen LogP contribution in [-0.4, -0.2) is 55.3 Å². The van der Waals surface area contributed by atoms with Crippen molar-refractivity contribution in [3.8, 4) is 5.75 Å². The van der Waals surface area contributed by atoms with Crippen LogP contribution in [-0.2, 0) is 9.53 Å². The molecule has 2 saturated carbocycles. The summed E-state index contributed by atoms with van der Waals surface area (Å²) in [7, 11) is 0. The molecule has 0 radical (unpaired) electrons. The first-order valence-electron chi connectivity index (χ1n) is 12.7. The third-order valence-corrected chi connectivity index (χ3v) is 7.89. The predicted molar refractivity (Wildman–Crippen MR) is 123 cm³/mol. The first kappa shape index (κ1) is 21.3. The fourth-order valence-corrected chi connectivity index (χ4v) is 6.06. The van der Waals surface area contributed by atoms with Crippen LogP contribution in [0, 0.1) is 5.92 Å². The molecule has 2 aliphatic carbocycles. The minimum absolute atomic E-state index is 0.0871. The fraction of sp³-hybridized carbons (Fsp3) is 0.731. The summed E-state index contributed by atoms with van der Waals surface area (Å²) in [6, 6.07) is 9.10. The van der Waals surface area contributed by atoms with Gasteiger partial charge in [-0.15, -0.1) is 0 Å². The van der Waals surface area contributed by atoms with E-state index in [1.54, 1.807) is 0 Å². The second-order valence-electron chi connectivity index (χ2n) is 10.1. The van der Waals surface area contributed by atoms with Gasteiger partial charge in [0.25, 0.3) is 5.91 Å². The lowest BCUT2D eigenvalue weighted by Gasteiger charge is -2.44. The van der Waals surface area contributed by atoms with E-state index in [0.717, 1.165) is 42.7 Å². The number of nitrogens with zero attached hydrogens (tertiary/aromatic N) is 2. The Morgan fingerprint density at radius 1 is 0.935 bits per heavy atom. The third kappa shape index (κ3) is 5.09. The molecule has 0 spiro atoms. The molecule has 4 aliphatic rings. The van der Waals surface area contributed by atoms with Crippen LogP contribution in [0.3, 0.4) is 0 Å². The third-order valence-electron chi connectivity index (χ3n) is 7.89. The minimum Gasteiger partial charge on any atom is -0.490 e. The van der Waals surface area contributed by atoms with Crippen molar-refractivity contribution < 1.29 is 14.3 Å². The van der Waals surface area contributed by atoms with Gasteiger partial charge in [0.2, 0.25) is 0 Å². The van der Waals surface area contributed by atoms with Gasteiger partial charge in [-0.2, -0.15) is 0 Å². The lowest BCUT2D eigenvalue weighted by molar-refractivity contribution is -0.127. The number of rotatable bonds is 6. The van der Waals surface area contributed by atoms with Gasteiger partial charge in [0.15, 0.2) is 0 Å². The first-order chi connectivity index (χ1) is 15.3. The topological polar surface area (TPSA) is 42.0 Å². The van der Waals surface area contributed by atoms with E-state index in [1.165, 1.54) is 64.5 Å². The highest BCUT2D eigenvalue weighted by Crippen LogP contribution is 2.34. The number of benzene rings is 1. The molecule has 2 aliphatic heterocycles. The predicted octanol–water partition coefficient (Wildman–Crippen LogP) is 4.78. The summed E-state index contributed by atoms with van der Waals surface area (Å²) in [5, 5.41) is 0. The number of carbonyl (C=O) groups excluding carboxylic acids is 1. The molecule has 1 atom stereocenters. The van der Waals surface area contributed by atoms with Crippen LogP contribution in [0.1, 0.15) is 70.6 Å². The van der Waals surface area contributed by atoms with Crippen molar-refractivity contribution >= 4 is 11.6 Å². The Morgan fingerprint density at radius 2 is 1.65 bits per heavy atom. The maximum absolute atomic E-state index is 12.7. The van der Waals surface area contributed by atoms with Crippen molar-refractivity contribution in [1.29, 1.82) is 0 Å². The van der Waals surface area contributed by atoms with Gasteiger partial charge in [0, 0.05) is 24.6 Å². The highest BCUT2D eigenvalue weighted by molar-refractivity contribution is 5.95. The van der Waals surface area contributed by atoms with E-state index in [0.29, 0.717) is 12.7 Å². The number of amides is 1. The summed E-state index contributed by atoms with van der Waals surface area (Å²) < 4.78 is 11.9. The first-order valence-corrected chi connectivity index (χ1v) is 12.7. The molecule has 0 N–H and O–H groups in total. The summed E-state index contributed by atoms with van der Waals surface area (Å²) in [6.07, 6.45) is 14.4. The molecule has 5 heteroatoms. The van der Waals surface area contributed by atoms with Crippen molar-refractivity contribution in [2.45, 2.75) is 88.8 Å². The van der Waals surface area contributed by atoms with E-state index in [2.05, 4.69) is 17.0 Å². The SMILES string of the molecule is O=C1COC[C@H](CC2CCCCC2)N1c1ccc(O[C@H]2C[C@H](N3CCCCC3)C2)cc1. The standard InChI is InChI=1S/C26H38N2O3/c29-26-19-30-18-23(15-20-7-3-1-4-8-20)28(26)21-9-11-24(12-10-21)31-25-16-22(17-25)27-13-5-2-6-14-27/h9-12,20,22-23,25H,1-8,13-19H2/t22-,23-,25-/m0/s1. The molecule has 170 valence electrons. The van der Waals surface area contributed by atoms with Gasteiger partial charge >= 0.3 is 0 Å². The maximum Gasteiger partial charge on any atom is 0.253 e. The average Bonchev–Trinajstić information content (AvgIpc) is 2.78. The summed E-state index contributed by atoms with van der Waals surface area (Å²) in [5.74, 6) is 1.74. The molecule has 5 rings (SSSR count). The second-order valence-corrected chi connectivity index (χ2v) is 10.1. The Balaban J connectivity index is 1.16. The number of anilines is 1. The highest BCUT2D eigenvalue weighted by atomic mass is 16.5. The Bertz CT molecular complexity index is 719. The van der Waals surface area contributed by atoms with E-state index in [-0.39, 0.29) is 18.6 Å². The lowest BCUT2D eigenvalue weighted by atomic mass is 9.84. The van der Waals surface area contributed by atoms with Gasteiger partial charge in [0.1, 0.15) is 18.5 Å². The Hall–Kier alpha value is -1.59. The molecule has 2 saturated heterocycles. The van der Waals surface area contributed by atoms with Crippen LogP contribution >= 0.6 is 0 Å². The van der Waals surface area contributed by atoms with E-state index in [1.807, 2.05) is 17.0 Å². The monoisotopic (exact) mass is 426 g/mol. The van der Waals surface area contributed by atoms with Gasteiger partial charge in [-0.3, -0.25) is 4.79 Å². The van der Waals surface area contributed by atoms with Crippen molar-refractivity contribution in [1.82, 2.24) is 4.90 Å². The van der Waals surface area contributed by atoms with Crippen molar-refractivity contribution in [2.75, 3.05) is 31.2 Å². The largest absolute Gasteiger partial charge is 0.490 e. The molecule has 31 heavy (non-hydrogen) atoms. The Labute approximate surface area is 187 Å². The number of hydrogen-bond donors (Lipinski definition) is 0. The highest BCUT2D eigenvalue weighted by Gasteiger charge is 2.36. The number of carbonyl (C=O) groups is 1. The van der Waals surface area contributed by atoms with Crippen LogP contribution in [0.4, 0.5) is 5.69 Å². The smallest absolute Gasteiger partial charge is 0.253 e. The van der Waals surface area contributed by atoms with E-state index in [4.69, 9.17) is 9.47 Å². The maximum atomic E-state index is 12.7. The molecular weight excluding hydrogens is 388 g/mol. The molecule has 0 bridgehead atoms. The van der Waals surface area contributed by atoms with Crippen LogP contribution in [0.25, 0.3) is 0 Å². The van der Waals surface area contributed by atoms with Crippen LogP contribution in [0.2, 0.25) is 0 Å². The zero-order valence-electron chi connectivity index (χ0n) is 18.8. The molecule has 1 aromatic carbocycles. The summed E-state index contributed by atoms with van der Waals surface area (Å²) in [6.45, 7) is 3.38. The zero-order valence-corrected chi connectivity index (χ0v) is 18.8. The van der Waals surface area contributed by atoms with Crippen molar-refractivity contribution in [3.05, 3.63) is 24.3 Å². The summed E-state index contributed by atoms with van der Waals surface area (Å²) in [5.41, 5.74) is 0.987. The van der Waals surface area contributed by atoms with E-state index < -0.39 is 0 Å². The molecule has 0 aromatic heterocycles. The van der Waals surface area contributed by atoms with Gasteiger partial charge in [-0.1, -0.05) is 38.5 Å².